The number of pyridine rings is 1. The summed E-state index contributed by atoms with van der Waals surface area (Å²) in [6.07, 6.45) is 3.47. The number of hydrogen-bond acceptors (Lipinski definition) is 7. The minimum atomic E-state index is -0.0507. The largest absolute Gasteiger partial charge is 0.374 e. The highest BCUT2D eigenvalue weighted by atomic mass is 16.5. The predicted octanol–water partition coefficient (Wildman–Crippen LogP) is 0.777. The smallest absolute Gasteiger partial charge is 0.259 e. The van der Waals surface area contributed by atoms with Crippen LogP contribution in [0.2, 0.25) is 0 Å². The molecule has 0 aliphatic carbocycles. The molecule has 24 heavy (non-hydrogen) atoms. The van der Waals surface area contributed by atoms with E-state index in [0.29, 0.717) is 31.4 Å². The molecular weight excluding hydrogens is 310 g/mol. The molecule has 0 aromatic carbocycles. The molecule has 8 nitrogen and oxygen atoms in total. The first-order valence-electron chi connectivity index (χ1n) is 7.93. The van der Waals surface area contributed by atoms with Gasteiger partial charge in [-0.05, 0) is 18.6 Å². The summed E-state index contributed by atoms with van der Waals surface area (Å²) < 4.78 is 11.0. The lowest BCUT2D eigenvalue weighted by Crippen LogP contribution is -2.46. The van der Waals surface area contributed by atoms with Gasteiger partial charge in [-0.25, -0.2) is 0 Å². The fourth-order valence-corrected chi connectivity index (χ4v) is 2.61. The Labute approximate surface area is 140 Å². The summed E-state index contributed by atoms with van der Waals surface area (Å²) in [6.45, 7) is 6.71. The van der Waals surface area contributed by atoms with Crippen molar-refractivity contribution in [1.82, 2.24) is 25.3 Å². The van der Waals surface area contributed by atoms with E-state index in [2.05, 4.69) is 25.3 Å². The van der Waals surface area contributed by atoms with Crippen molar-refractivity contribution in [3.8, 4) is 11.5 Å². The summed E-state index contributed by atoms with van der Waals surface area (Å²) in [5.74, 6) is 1.06. The Kier molecular flexibility index (Phi) is 5.17. The van der Waals surface area contributed by atoms with E-state index in [9.17, 15) is 4.79 Å². The maximum atomic E-state index is 11.0. The van der Waals surface area contributed by atoms with Gasteiger partial charge >= 0.3 is 0 Å². The minimum absolute atomic E-state index is 0.0185. The number of morpholine rings is 1. The van der Waals surface area contributed by atoms with Crippen LogP contribution in [0.1, 0.15) is 18.3 Å². The molecule has 1 aliphatic rings. The first-order chi connectivity index (χ1) is 11.6. The quantitative estimate of drug-likeness (QED) is 0.865. The third kappa shape index (κ3) is 4.36. The van der Waals surface area contributed by atoms with E-state index in [1.54, 1.807) is 12.4 Å². The summed E-state index contributed by atoms with van der Waals surface area (Å²) in [5.41, 5.74) is 1.86. The molecule has 3 heterocycles. The SMILES string of the molecule is CC(=O)NCC1CN(Cc2noc(-c3cncc(C)c3)n2)CCO1. The van der Waals surface area contributed by atoms with E-state index in [0.717, 1.165) is 24.2 Å². The second kappa shape index (κ2) is 7.50. The highest BCUT2D eigenvalue weighted by Crippen LogP contribution is 2.18. The number of hydrogen-bond donors (Lipinski definition) is 1. The van der Waals surface area contributed by atoms with E-state index in [4.69, 9.17) is 9.26 Å². The van der Waals surface area contributed by atoms with E-state index < -0.39 is 0 Å². The van der Waals surface area contributed by atoms with Crippen LogP contribution in [-0.2, 0) is 16.1 Å². The highest BCUT2D eigenvalue weighted by Gasteiger charge is 2.22. The standard InChI is InChI=1S/C16H21N5O3/c1-11-5-13(7-17-6-11)16-19-15(20-24-16)10-21-3-4-23-14(9-21)8-18-12(2)22/h5-7,14H,3-4,8-10H2,1-2H3,(H,18,22). The van der Waals surface area contributed by atoms with E-state index in [1.807, 2.05) is 13.0 Å². The number of carbonyl (C=O) groups is 1. The molecule has 0 bridgehead atoms. The van der Waals surface area contributed by atoms with Crippen LogP contribution in [-0.4, -0.2) is 58.3 Å². The minimum Gasteiger partial charge on any atom is -0.374 e. The third-order valence-electron chi connectivity index (χ3n) is 3.76. The Morgan fingerprint density at radius 2 is 2.33 bits per heavy atom. The molecule has 2 aromatic rings. The Bertz CT molecular complexity index is 703. The Morgan fingerprint density at radius 1 is 1.46 bits per heavy atom. The van der Waals surface area contributed by atoms with E-state index in [1.165, 1.54) is 6.92 Å². The summed E-state index contributed by atoms with van der Waals surface area (Å²) in [4.78, 5) is 21.8. The van der Waals surface area contributed by atoms with Crippen molar-refractivity contribution in [2.24, 2.45) is 0 Å². The zero-order valence-electron chi connectivity index (χ0n) is 13.9. The second-order valence-electron chi connectivity index (χ2n) is 5.93. The predicted molar refractivity (Wildman–Crippen MR) is 86.0 cm³/mol. The van der Waals surface area contributed by atoms with Crippen LogP contribution in [0.5, 0.6) is 0 Å². The molecule has 1 amide bonds. The molecule has 8 heteroatoms. The number of aromatic nitrogens is 3. The van der Waals surface area contributed by atoms with Gasteiger partial charge in [0.15, 0.2) is 5.82 Å². The summed E-state index contributed by atoms with van der Waals surface area (Å²) in [6, 6.07) is 1.96. The molecular formula is C16H21N5O3. The maximum absolute atomic E-state index is 11.0. The van der Waals surface area contributed by atoms with Crippen LogP contribution >= 0.6 is 0 Å². The fourth-order valence-electron chi connectivity index (χ4n) is 2.61. The van der Waals surface area contributed by atoms with Gasteiger partial charge in [-0.15, -0.1) is 0 Å². The number of nitrogens with zero attached hydrogens (tertiary/aromatic N) is 4. The van der Waals surface area contributed by atoms with Gasteiger partial charge in [0, 0.05) is 39.0 Å². The van der Waals surface area contributed by atoms with Crippen LogP contribution in [0, 0.1) is 6.92 Å². The van der Waals surface area contributed by atoms with Crippen molar-refractivity contribution < 1.29 is 14.1 Å². The maximum Gasteiger partial charge on any atom is 0.259 e. The highest BCUT2D eigenvalue weighted by molar-refractivity contribution is 5.72. The van der Waals surface area contributed by atoms with Crippen LogP contribution in [0.15, 0.2) is 23.0 Å². The van der Waals surface area contributed by atoms with Gasteiger partial charge < -0.3 is 14.6 Å². The fraction of sp³-hybridized carbons (Fsp3) is 0.500. The van der Waals surface area contributed by atoms with Crippen molar-refractivity contribution >= 4 is 5.91 Å². The number of amides is 1. The second-order valence-corrected chi connectivity index (χ2v) is 5.93. The molecule has 0 saturated carbocycles. The molecule has 1 N–H and O–H groups in total. The molecule has 1 atom stereocenters. The molecule has 1 saturated heterocycles. The van der Waals surface area contributed by atoms with Crippen molar-refractivity contribution in [1.29, 1.82) is 0 Å². The lowest BCUT2D eigenvalue weighted by Gasteiger charge is -2.32. The normalized spacial score (nSPS) is 18.5. The number of carbonyl (C=O) groups excluding carboxylic acids is 1. The van der Waals surface area contributed by atoms with Crippen molar-refractivity contribution in [2.45, 2.75) is 26.5 Å². The summed E-state index contributed by atoms with van der Waals surface area (Å²) in [5, 5.41) is 6.83. The monoisotopic (exact) mass is 331 g/mol. The summed E-state index contributed by atoms with van der Waals surface area (Å²) >= 11 is 0. The first kappa shape index (κ1) is 16.5. The molecule has 1 fully saturated rings. The average Bonchev–Trinajstić information content (AvgIpc) is 3.02. The van der Waals surface area contributed by atoms with Gasteiger partial charge in [0.1, 0.15) is 0 Å². The van der Waals surface area contributed by atoms with Crippen LogP contribution in [0.3, 0.4) is 0 Å². The third-order valence-corrected chi connectivity index (χ3v) is 3.76. The van der Waals surface area contributed by atoms with Crippen molar-refractivity contribution in [3.63, 3.8) is 0 Å². The van der Waals surface area contributed by atoms with Crippen LogP contribution < -0.4 is 5.32 Å². The lowest BCUT2D eigenvalue weighted by atomic mass is 10.2. The van der Waals surface area contributed by atoms with Gasteiger partial charge in [0.05, 0.1) is 24.8 Å². The molecule has 2 aromatic heterocycles. The Balaban J connectivity index is 1.59. The van der Waals surface area contributed by atoms with E-state index in [-0.39, 0.29) is 12.0 Å². The van der Waals surface area contributed by atoms with Crippen LogP contribution in [0.25, 0.3) is 11.5 Å². The first-order valence-corrected chi connectivity index (χ1v) is 7.93. The molecule has 1 unspecified atom stereocenters. The number of nitrogens with one attached hydrogen (secondary N) is 1. The molecule has 128 valence electrons. The molecule has 0 radical (unpaired) electrons. The molecule has 3 rings (SSSR count). The van der Waals surface area contributed by atoms with Gasteiger partial charge in [-0.3, -0.25) is 14.7 Å². The Hall–Kier alpha value is -2.32. The summed E-state index contributed by atoms with van der Waals surface area (Å²) in [7, 11) is 0. The van der Waals surface area contributed by atoms with Crippen molar-refractivity contribution in [2.75, 3.05) is 26.2 Å². The number of aryl methyl sites for hydroxylation is 1. The lowest BCUT2D eigenvalue weighted by molar-refractivity contribution is -0.120. The topological polar surface area (TPSA) is 93.4 Å². The van der Waals surface area contributed by atoms with Gasteiger partial charge in [-0.1, -0.05) is 5.16 Å². The van der Waals surface area contributed by atoms with Crippen molar-refractivity contribution in [3.05, 3.63) is 29.8 Å². The zero-order valence-corrected chi connectivity index (χ0v) is 13.9. The van der Waals surface area contributed by atoms with Gasteiger partial charge in [0.25, 0.3) is 5.89 Å². The number of rotatable bonds is 5. The van der Waals surface area contributed by atoms with Gasteiger partial charge in [0.2, 0.25) is 5.91 Å². The van der Waals surface area contributed by atoms with Gasteiger partial charge in [-0.2, -0.15) is 4.98 Å². The molecule has 1 aliphatic heterocycles. The Morgan fingerprint density at radius 3 is 3.12 bits per heavy atom. The van der Waals surface area contributed by atoms with Crippen LogP contribution in [0.4, 0.5) is 0 Å². The molecule has 0 spiro atoms. The average molecular weight is 331 g/mol. The van der Waals surface area contributed by atoms with E-state index >= 15 is 0 Å². The zero-order chi connectivity index (χ0) is 16.9. The number of ether oxygens (including phenoxy) is 1.